The van der Waals surface area contributed by atoms with Crippen molar-refractivity contribution in [3.63, 3.8) is 0 Å². The molecule has 0 rings (SSSR count). The van der Waals surface area contributed by atoms with E-state index >= 15 is 0 Å². The van der Waals surface area contributed by atoms with Crippen molar-refractivity contribution < 1.29 is 34.3 Å². The van der Waals surface area contributed by atoms with Gasteiger partial charge in [-0.05, 0) is 0 Å². The molecule has 0 amide bonds. The first-order valence-electron chi connectivity index (χ1n) is 1.56. The first-order valence-corrected chi connectivity index (χ1v) is 3.12. The fourth-order valence-corrected chi connectivity index (χ4v) is 0. The standard InChI is InChI=1S/BH3O3.K.H3O4P.H/c2-1(3)4;;1-5(2,3)4;/h2-4H;;(H3,1,2,3,4);. The van der Waals surface area contributed by atoms with Gasteiger partial charge in [0.2, 0.25) is 0 Å². The Morgan fingerprint density at radius 1 is 1.00 bits per heavy atom. The summed E-state index contributed by atoms with van der Waals surface area (Å²) in [6.45, 7) is 0. The van der Waals surface area contributed by atoms with Crippen LogP contribution in [0.4, 0.5) is 0 Å². The summed E-state index contributed by atoms with van der Waals surface area (Å²) in [6.07, 6.45) is 0. The summed E-state index contributed by atoms with van der Waals surface area (Å²) in [5, 5.41) is 21.5. The Morgan fingerprint density at radius 3 is 1.00 bits per heavy atom. The molecule has 0 aromatic carbocycles. The summed E-state index contributed by atoms with van der Waals surface area (Å²) >= 11 is 0. The van der Waals surface area contributed by atoms with Crippen LogP contribution in [0, 0.1) is 0 Å². The van der Waals surface area contributed by atoms with E-state index in [1.54, 1.807) is 0 Å². The van der Waals surface area contributed by atoms with E-state index in [1.807, 2.05) is 0 Å². The number of hydrogen-bond acceptors (Lipinski definition) is 4. The predicted molar refractivity (Wildman–Crippen MR) is 33.8 cm³/mol. The monoisotopic (exact) mass is 200 g/mol. The molecular weight excluding hydrogens is 193 g/mol. The Kier molecular flexibility index (Phi) is 15.5. The first kappa shape index (κ1) is 17.7. The van der Waals surface area contributed by atoms with Gasteiger partial charge in [-0.3, -0.25) is 0 Å². The fourth-order valence-electron chi connectivity index (χ4n) is 0. The maximum atomic E-state index is 8.88. The quantitative estimate of drug-likeness (QED) is 0.175. The third-order valence-corrected chi connectivity index (χ3v) is 0. The first-order chi connectivity index (χ1) is 3.73. The van der Waals surface area contributed by atoms with Gasteiger partial charge in [-0.1, -0.05) is 0 Å². The molecule has 0 aromatic rings. The average Bonchev–Trinajstić information content (AvgIpc) is 1.19. The fraction of sp³-hybridized carbons (Fsp3) is 0. The second-order valence-electron chi connectivity index (χ2n) is 0.860. The molecule has 0 saturated carbocycles. The third kappa shape index (κ3) is 256. The summed E-state index contributed by atoms with van der Waals surface area (Å²) < 4.78 is 8.88. The summed E-state index contributed by atoms with van der Waals surface area (Å²) in [5.74, 6) is 0. The van der Waals surface area contributed by atoms with E-state index in [-0.39, 0.29) is 51.4 Å². The van der Waals surface area contributed by atoms with Gasteiger partial charge < -0.3 is 29.8 Å². The maximum absolute atomic E-state index is 8.88. The van der Waals surface area contributed by atoms with Crippen molar-refractivity contribution in [2.24, 2.45) is 0 Å². The van der Waals surface area contributed by atoms with Gasteiger partial charge in [0.1, 0.15) is 0 Å². The summed E-state index contributed by atoms with van der Waals surface area (Å²) in [7, 11) is -6.81. The molecule has 0 aliphatic rings. The molecule has 0 heterocycles. The van der Waals surface area contributed by atoms with E-state index in [0.717, 1.165) is 0 Å². The van der Waals surface area contributed by atoms with Crippen LogP contribution in [0.25, 0.3) is 0 Å². The van der Waals surface area contributed by atoms with Crippen molar-refractivity contribution in [1.29, 1.82) is 0 Å². The van der Waals surface area contributed by atoms with Crippen LogP contribution in [0.5, 0.6) is 0 Å². The van der Waals surface area contributed by atoms with Crippen molar-refractivity contribution in [1.82, 2.24) is 0 Å². The minimum absolute atomic E-state index is 0. The molecule has 0 bridgehead atoms. The van der Waals surface area contributed by atoms with Crippen LogP contribution in [-0.2, 0) is 4.57 Å². The van der Waals surface area contributed by atoms with Gasteiger partial charge in [0.15, 0.2) is 0 Å². The Morgan fingerprint density at radius 2 is 1.00 bits per heavy atom. The zero-order chi connectivity index (χ0) is 8.08. The van der Waals surface area contributed by atoms with Gasteiger partial charge in [-0.2, -0.15) is 0 Å². The van der Waals surface area contributed by atoms with Crippen LogP contribution in [0.2, 0.25) is 0 Å². The Labute approximate surface area is 99.5 Å². The van der Waals surface area contributed by atoms with Gasteiger partial charge in [0.25, 0.3) is 0 Å². The topological polar surface area (TPSA) is 138 Å². The van der Waals surface area contributed by atoms with Gasteiger partial charge >= 0.3 is 66.5 Å². The zero-order valence-electron chi connectivity index (χ0n) is 4.12. The van der Waals surface area contributed by atoms with E-state index in [2.05, 4.69) is 0 Å². The van der Waals surface area contributed by atoms with Crippen LogP contribution >= 0.6 is 7.82 Å². The predicted octanol–water partition coefficient (Wildman–Crippen LogP) is -3.63. The van der Waals surface area contributed by atoms with E-state index < -0.39 is 15.1 Å². The Balaban J connectivity index is -0.0000000910. The van der Waals surface area contributed by atoms with Gasteiger partial charge in [-0.25, -0.2) is 4.57 Å². The van der Waals surface area contributed by atoms with Crippen molar-refractivity contribution >= 4 is 66.5 Å². The van der Waals surface area contributed by atoms with Crippen molar-refractivity contribution in [3.8, 4) is 0 Å². The second-order valence-corrected chi connectivity index (χ2v) is 1.89. The Hall–Kier alpha value is 1.69. The van der Waals surface area contributed by atoms with Gasteiger partial charge in [0, 0.05) is 0 Å². The molecule has 0 aliphatic heterocycles. The molecular formula is H7BKO7P. The molecule has 10 heavy (non-hydrogen) atoms. The van der Waals surface area contributed by atoms with E-state index in [0.29, 0.717) is 0 Å². The van der Waals surface area contributed by atoms with Crippen LogP contribution in [-0.4, -0.2) is 88.5 Å². The van der Waals surface area contributed by atoms with Crippen LogP contribution < -0.4 is 0 Å². The molecule has 0 unspecified atom stereocenters. The van der Waals surface area contributed by atoms with Gasteiger partial charge in [0.05, 0.1) is 0 Å². The van der Waals surface area contributed by atoms with E-state index in [9.17, 15) is 0 Å². The Bertz CT molecular complexity index is 84.8. The molecule has 0 radical (unpaired) electrons. The SMILES string of the molecule is O=P(O)(O)O.OB(O)O.[KH]. The van der Waals surface area contributed by atoms with Crippen molar-refractivity contribution in [3.05, 3.63) is 0 Å². The zero-order valence-corrected chi connectivity index (χ0v) is 5.01. The normalized spacial score (nSPS) is 8.60. The van der Waals surface area contributed by atoms with Crippen LogP contribution in [0.1, 0.15) is 0 Å². The second kappa shape index (κ2) is 8.78. The third-order valence-electron chi connectivity index (χ3n) is 0. The molecule has 10 heteroatoms. The molecule has 0 saturated heterocycles. The van der Waals surface area contributed by atoms with Crippen LogP contribution in [0.15, 0.2) is 0 Å². The molecule has 6 N–H and O–H groups in total. The number of rotatable bonds is 0. The van der Waals surface area contributed by atoms with E-state index in [4.69, 9.17) is 34.3 Å². The molecule has 0 fully saturated rings. The van der Waals surface area contributed by atoms with Crippen molar-refractivity contribution in [2.75, 3.05) is 0 Å². The molecule has 7 nitrogen and oxygen atoms in total. The summed E-state index contributed by atoms with van der Waals surface area (Å²) in [6, 6.07) is 0. The van der Waals surface area contributed by atoms with Crippen LogP contribution in [0.3, 0.4) is 0 Å². The average molecular weight is 200 g/mol. The molecule has 0 atom stereocenters. The molecule has 0 spiro atoms. The van der Waals surface area contributed by atoms with Crippen molar-refractivity contribution in [2.45, 2.75) is 0 Å². The number of phosphoric acid groups is 1. The molecule has 58 valence electrons. The van der Waals surface area contributed by atoms with E-state index in [1.165, 1.54) is 0 Å². The van der Waals surface area contributed by atoms with Gasteiger partial charge in [-0.15, -0.1) is 0 Å². The summed E-state index contributed by atoms with van der Waals surface area (Å²) in [5.41, 5.74) is 0. The number of hydrogen-bond donors (Lipinski definition) is 6. The molecule has 0 aliphatic carbocycles. The molecule has 0 aromatic heterocycles. The summed E-state index contributed by atoms with van der Waals surface area (Å²) in [4.78, 5) is 21.6. The minimum atomic E-state index is -4.64.